The Morgan fingerprint density at radius 2 is 1.53 bits per heavy atom. The lowest BCUT2D eigenvalue weighted by Crippen LogP contribution is -2.49. The van der Waals surface area contributed by atoms with Crippen molar-refractivity contribution in [1.82, 2.24) is 24.8 Å². The first kappa shape index (κ1) is 20.3. The van der Waals surface area contributed by atoms with Gasteiger partial charge in [-0.25, -0.2) is 15.0 Å². The Hall–Kier alpha value is -2.94. The molecule has 160 valence electrons. The van der Waals surface area contributed by atoms with Crippen LogP contribution in [0.15, 0.2) is 24.4 Å². The van der Waals surface area contributed by atoms with Crippen molar-refractivity contribution in [3.8, 4) is 5.88 Å². The van der Waals surface area contributed by atoms with Crippen LogP contribution in [-0.2, 0) is 0 Å². The van der Waals surface area contributed by atoms with Gasteiger partial charge in [-0.15, -0.1) is 0 Å². The van der Waals surface area contributed by atoms with Crippen LogP contribution in [0.2, 0.25) is 0 Å². The van der Waals surface area contributed by atoms with E-state index in [1.807, 2.05) is 11.8 Å². The predicted octanol–water partition coefficient (Wildman–Crippen LogP) is 0.903. The predicted molar refractivity (Wildman–Crippen MR) is 115 cm³/mol. The fourth-order valence-corrected chi connectivity index (χ4v) is 3.84. The van der Waals surface area contributed by atoms with Crippen LogP contribution in [0, 0.1) is 6.92 Å². The van der Waals surface area contributed by atoms with E-state index in [-0.39, 0.29) is 5.91 Å². The Labute approximate surface area is 177 Å². The highest BCUT2D eigenvalue weighted by atomic mass is 16.5. The zero-order chi connectivity index (χ0) is 21.1. The molecule has 2 aromatic rings. The standard InChI is InChI=1S/C21H29N7O2/c1-16-23-18(26-8-6-25(2)7-9-26)14-19(24-16)27-10-12-28(13-11-27)21(29)17-4-5-20(30-3)22-15-17/h4-5,14-15H,6-13H2,1-3H3. The van der Waals surface area contributed by atoms with Crippen molar-refractivity contribution in [1.29, 1.82) is 0 Å². The van der Waals surface area contributed by atoms with Crippen molar-refractivity contribution >= 4 is 17.5 Å². The number of likely N-dealkylation sites (N-methyl/N-ethyl adjacent to an activating group) is 1. The lowest BCUT2D eigenvalue weighted by atomic mass is 10.2. The lowest BCUT2D eigenvalue weighted by Gasteiger charge is -2.36. The van der Waals surface area contributed by atoms with E-state index in [0.717, 1.165) is 56.7 Å². The van der Waals surface area contributed by atoms with Gasteiger partial charge >= 0.3 is 0 Å². The number of methoxy groups -OCH3 is 1. The molecule has 2 fully saturated rings. The highest BCUT2D eigenvalue weighted by molar-refractivity contribution is 5.94. The normalized spacial score (nSPS) is 17.9. The summed E-state index contributed by atoms with van der Waals surface area (Å²) in [6, 6.07) is 5.56. The number of hydrogen-bond donors (Lipinski definition) is 0. The third kappa shape index (κ3) is 4.46. The summed E-state index contributed by atoms with van der Waals surface area (Å²) >= 11 is 0. The number of aryl methyl sites for hydroxylation is 1. The van der Waals surface area contributed by atoms with E-state index in [1.54, 1.807) is 25.4 Å². The zero-order valence-electron chi connectivity index (χ0n) is 17.9. The highest BCUT2D eigenvalue weighted by Gasteiger charge is 2.24. The van der Waals surface area contributed by atoms with Gasteiger partial charge in [0.05, 0.1) is 12.7 Å². The molecule has 2 saturated heterocycles. The number of carbonyl (C=O) groups excluding carboxylic acids is 1. The molecule has 0 N–H and O–H groups in total. The number of carbonyl (C=O) groups is 1. The lowest BCUT2D eigenvalue weighted by molar-refractivity contribution is 0.0746. The third-order valence-corrected chi connectivity index (χ3v) is 5.72. The van der Waals surface area contributed by atoms with Crippen molar-refractivity contribution in [2.24, 2.45) is 0 Å². The average molecular weight is 412 g/mol. The molecule has 0 bridgehead atoms. The molecule has 0 atom stereocenters. The van der Waals surface area contributed by atoms with E-state index in [2.05, 4.69) is 42.8 Å². The maximum absolute atomic E-state index is 12.8. The van der Waals surface area contributed by atoms with Crippen LogP contribution in [0.5, 0.6) is 5.88 Å². The van der Waals surface area contributed by atoms with Crippen LogP contribution in [0.3, 0.4) is 0 Å². The maximum atomic E-state index is 12.8. The molecule has 30 heavy (non-hydrogen) atoms. The summed E-state index contributed by atoms with van der Waals surface area (Å²) in [4.78, 5) is 35.0. The molecule has 1 amide bonds. The van der Waals surface area contributed by atoms with Crippen LogP contribution >= 0.6 is 0 Å². The Balaban J connectivity index is 1.40. The maximum Gasteiger partial charge on any atom is 0.255 e. The summed E-state index contributed by atoms with van der Waals surface area (Å²) in [6.07, 6.45) is 1.57. The fourth-order valence-electron chi connectivity index (χ4n) is 3.84. The van der Waals surface area contributed by atoms with Gasteiger partial charge in [0.1, 0.15) is 17.5 Å². The molecule has 0 unspecified atom stereocenters. The van der Waals surface area contributed by atoms with Crippen molar-refractivity contribution in [3.05, 3.63) is 35.8 Å². The molecule has 2 aromatic heterocycles. The Bertz CT molecular complexity index is 873. The number of ether oxygens (including phenoxy) is 1. The van der Waals surface area contributed by atoms with Gasteiger partial charge in [-0.3, -0.25) is 4.79 Å². The summed E-state index contributed by atoms with van der Waals surface area (Å²) in [7, 11) is 3.71. The van der Waals surface area contributed by atoms with E-state index < -0.39 is 0 Å². The van der Waals surface area contributed by atoms with Gasteiger partial charge in [0.2, 0.25) is 5.88 Å². The number of amides is 1. The van der Waals surface area contributed by atoms with E-state index in [4.69, 9.17) is 4.74 Å². The van der Waals surface area contributed by atoms with E-state index in [9.17, 15) is 4.79 Å². The first-order valence-electron chi connectivity index (χ1n) is 10.4. The van der Waals surface area contributed by atoms with E-state index >= 15 is 0 Å². The Morgan fingerprint density at radius 1 is 0.933 bits per heavy atom. The number of piperazine rings is 2. The molecule has 0 aliphatic carbocycles. The van der Waals surface area contributed by atoms with Gasteiger partial charge in [-0.1, -0.05) is 0 Å². The molecule has 2 aliphatic rings. The van der Waals surface area contributed by atoms with E-state index in [0.29, 0.717) is 24.5 Å². The smallest absolute Gasteiger partial charge is 0.255 e. The van der Waals surface area contributed by atoms with Gasteiger partial charge in [0.25, 0.3) is 5.91 Å². The van der Waals surface area contributed by atoms with Gasteiger partial charge in [0.15, 0.2) is 0 Å². The second-order valence-corrected chi connectivity index (χ2v) is 7.79. The monoisotopic (exact) mass is 411 g/mol. The highest BCUT2D eigenvalue weighted by Crippen LogP contribution is 2.22. The number of aromatic nitrogens is 3. The van der Waals surface area contributed by atoms with Gasteiger partial charge in [-0.2, -0.15) is 0 Å². The molecule has 9 nitrogen and oxygen atoms in total. The molecule has 4 rings (SSSR count). The molecular formula is C21H29N7O2. The van der Waals surface area contributed by atoms with Crippen molar-refractivity contribution in [2.75, 3.05) is 76.3 Å². The largest absolute Gasteiger partial charge is 0.481 e. The minimum Gasteiger partial charge on any atom is -0.481 e. The van der Waals surface area contributed by atoms with Crippen LogP contribution in [0.25, 0.3) is 0 Å². The minimum absolute atomic E-state index is 0.00166. The van der Waals surface area contributed by atoms with Crippen LogP contribution in [-0.4, -0.2) is 97.2 Å². The van der Waals surface area contributed by atoms with Gasteiger partial charge in [-0.05, 0) is 20.0 Å². The molecule has 9 heteroatoms. The number of anilines is 2. The number of rotatable bonds is 4. The average Bonchev–Trinajstić information content (AvgIpc) is 2.79. The molecule has 0 radical (unpaired) electrons. The minimum atomic E-state index is 0.00166. The van der Waals surface area contributed by atoms with Crippen molar-refractivity contribution < 1.29 is 9.53 Å². The molecular weight excluding hydrogens is 382 g/mol. The number of pyridine rings is 1. The summed E-state index contributed by atoms with van der Waals surface area (Å²) < 4.78 is 5.07. The molecule has 2 aliphatic heterocycles. The van der Waals surface area contributed by atoms with Crippen molar-refractivity contribution in [2.45, 2.75) is 6.92 Å². The summed E-state index contributed by atoms with van der Waals surface area (Å²) in [5.41, 5.74) is 0.583. The van der Waals surface area contributed by atoms with Crippen LogP contribution in [0.4, 0.5) is 11.6 Å². The SMILES string of the molecule is COc1ccc(C(=O)N2CCN(c3cc(N4CCN(C)CC4)nc(C)n3)CC2)cn1. The molecule has 0 aromatic carbocycles. The number of hydrogen-bond acceptors (Lipinski definition) is 8. The molecule has 4 heterocycles. The fraction of sp³-hybridized carbons (Fsp3) is 0.524. The van der Waals surface area contributed by atoms with Crippen LogP contribution in [0.1, 0.15) is 16.2 Å². The molecule has 0 spiro atoms. The summed E-state index contributed by atoms with van der Waals surface area (Å²) in [5.74, 6) is 3.22. The quantitative estimate of drug-likeness (QED) is 0.735. The summed E-state index contributed by atoms with van der Waals surface area (Å²) in [6.45, 7) is 8.77. The zero-order valence-corrected chi connectivity index (χ0v) is 17.9. The van der Waals surface area contributed by atoms with Crippen LogP contribution < -0.4 is 14.5 Å². The summed E-state index contributed by atoms with van der Waals surface area (Å²) in [5, 5.41) is 0. The number of nitrogens with zero attached hydrogens (tertiary/aromatic N) is 7. The topological polar surface area (TPSA) is 77.9 Å². The Morgan fingerprint density at radius 3 is 2.07 bits per heavy atom. The second kappa shape index (κ2) is 8.83. The van der Waals surface area contributed by atoms with E-state index in [1.165, 1.54) is 0 Å². The van der Waals surface area contributed by atoms with Crippen molar-refractivity contribution in [3.63, 3.8) is 0 Å². The third-order valence-electron chi connectivity index (χ3n) is 5.72. The first-order chi connectivity index (χ1) is 14.5. The van der Waals surface area contributed by atoms with Gasteiger partial charge in [0, 0.05) is 70.7 Å². The second-order valence-electron chi connectivity index (χ2n) is 7.79. The molecule has 0 saturated carbocycles. The van der Waals surface area contributed by atoms with Gasteiger partial charge < -0.3 is 24.3 Å². The first-order valence-corrected chi connectivity index (χ1v) is 10.4. The Kier molecular flexibility index (Phi) is 5.98.